The Bertz CT molecular complexity index is 358. The van der Waals surface area contributed by atoms with Crippen LogP contribution >= 0.6 is 0 Å². The maximum absolute atomic E-state index is 5.54. The van der Waals surface area contributed by atoms with Crippen molar-refractivity contribution in [2.24, 2.45) is 0 Å². The van der Waals surface area contributed by atoms with Crippen LogP contribution < -0.4 is 30.5 Å². The Hall–Kier alpha value is -0.930. The van der Waals surface area contributed by atoms with E-state index in [1.54, 1.807) is 6.33 Å². The maximum atomic E-state index is 5.54. The van der Waals surface area contributed by atoms with E-state index in [0.717, 1.165) is 16.7 Å². The maximum Gasteiger partial charge on any atom is 0.0931 e. The summed E-state index contributed by atoms with van der Waals surface area (Å²) in [6, 6.07) is 5.59. The molecule has 0 unspecified atom stereocenters. The Morgan fingerprint density at radius 2 is 2.00 bits per heavy atom. The Morgan fingerprint density at radius 3 is 2.75 bits per heavy atom. The van der Waals surface area contributed by atoms with Gasteiger partial charge in [-0.3, -0.25) is 0 Å². The Kier molecular flexibility index (Phi) is 3.86. The van der Waals surface area contributed by atoms with Gasteiger partial charge >= 0.3 is 0 Å². The summed E-state index contributed by atoms with van der Waals surface area (Å²) in [6.45, 7) is 0. The minimum atomic E-state index is 0. The number of nitrogens with zero attached hydrogens (tertiary/aromatic N) is 1. The fraction of sp³-hybridized carbons (Fsp3) is 0. The van der Waals surface area contributed by atoms with E-state index in [4.69, 9.17) is 5.73 Å². The van der Waals surface area contributed by atoms with Gasteiger partial charge in [-0.25, -0.2) is 4.98 Å². The van der Waals surface area contributed by atoms with E-state index in [2.05, 4.69) is 9.97 Å². The van der Waals surface area contributed by atoms with Gasteiger partial charge < -0.3 is 35.5 Å². The number of aromatic amines is 1. The van der Waals surface area contributed by atoms with E-state index in [-0.39, 0.29) is 24.8 Å². The minimum Gasteiger partial charge on any atom is -1.00 e. The highest BCUT2D eigenvalue weighted by Crippen LogP contribution is 2.11. The summed E-state index contributed by atoms with van der Waals surface area (Å²) in [6.07, 6.45) is 1.66. The van der Waals surface area contributed by atoms with Crippen molar-refractivity contribution >= 4 is 16.7 Å². The van der Waals surface area contributed by atoms with Crippen molar-refractivity contribution in [3.05, 3.63) is 24.5 Å². The first-order valence-electron chi connectivity index (χ1n) is 3.05. The van der Waals surface area contributed by atoms with Gasteiger partial charge in [-0.05, 0) is 18.2 Å². The number of imidazole rings is 1. The third-order valence-electron chi connectivity index (χ3n) is 1.44. The van der Waals surface area contributed by atoms with Crippen LogP contribution in [0.3, 0.4) is 0 Å². The molecule has 0 aliphatic rings. The van der Waals surface area contributed by atoms with Gasteiger partial charge in [-0.1, -0.05) is 0 Å². The van der Waals surface area contributed by atoms with Gasteiger partial charge in [0.2, 0.25) is 0 Å². The molecule has 0 saturated carbocycles. The van der Waals surface area contributed by atoms with Crippen LogP contribution in [0.5, 0.6) is 0 Å². The van der Waals surface area contributed by atoms with Crippen molar-refractivity contribution in [2.45, 2.75) is 0 Å². The molecule has 0 fully saturated rings. The first-order chi connectivity index (χ1) is 4.86. The fourth-order valence-corrected chi connectivity index (χ4v) is 0.953. The second kappa shape index (κ2) is 4.18. The van der Waals surface area contributed by atoms with E-state index in [1.165, 1.54) is 0 Å². The van der Waals surface area contributed by atoms with Crippen molar-refractivity contribution < 1.29 is 24.8 Å². The number of halogens is 2. The Morgan fingerprint density at radius 1 is 1.25 bits per heavy atom. The molecule has 0 saturated heterocycles. The summed E-state index contributed by atoms with van der Waals surface area (Å²) in [7, 11) is 0. The zero-order chi connectivity index (χ0) is 6.97. The molecule has 2 aromatic rings. The number of fused-ring (bicyclic) bond motifs is 1. The number of aromatic nitrogens is 2. The molecule has 66 valence electrons. The van der Waals surface area contributed by atoms with Crippen LogP contribution in [0.25, 0.3) is 11.0 Å². The lowest BCUT2D eigenvalue weighted by Gasteiger charge is -1.89. The molecule has 0 atom stereocenters. The van der Waals surface area contributed by atoms with Crippen LogP contribution in [-0.2, 0) is 0 Å². The summed E-state index contributed by atoms with van der Waals surface area (Å²) >= 11 is 0. The average Bonchev–Trinajstić information content (AvgIpc) is 2.33. The zero-order valence-electron chi connectivity index (χ0n) is 6.09. The number of nitrogens with one attached hydrogen (secondary N) is 1. The molecule has 3 N–H and O–H groups in total. The molecule has 12 heavy (non-hydrogen) atoms. The summed E-state index contributed by atoms with van der Waals surface area (Å²) in [5.74, 6) is 0. The van der Waals surface area contributed by atoms with Crippen LogP contribution in [0.2, 0.25) is 0 Å². The van der Waals surface area contributed by atoms with Crippen LogP contribution in [0.1, 0.15) is 0 Å². The van der Waals surface area contributed by atoms with E-state index in [9.17, 15) is 0 Å². The molecule has 0 radical (unpaired) electrons. The van der Waals surface area contributed by atoms with Crippen molar-refractivity contribution in [1.29, 1.82) is 0 Å². The van der Waals surface area contributed by atoms with Crippen molar-refractivity contribution in [3.63, 3.8) is 0 Å². The lowest BCUT2D eigenvalue weighted by molar-refractivity contribution is -0.00100. The number of rotatable bonds is 0. The quantitative estimate of drug-likeness (QED) is 0.423. The largest absolute Gasteiger partial charge is 1.00 e. The first kappa shape index (κ1) is 11.1. The number of nitrogen functional groups attached to an aromatic ring is 1. The topological polar surface area (TPSA) is 54.7 Å². The molecule has 0 aliphatic heterocycles. The van der Waals surface area contributed by atoms with Crippen LogP contribution in [0.15, 0.2) is 24.5 Å². The molecule has 1 aromatic heterocycles. The van der Waals surface area contributed by atoms with Crippen molar-refractivity contribution in [3.8, 4) is 0 Å². The van der Waals surface area contributed by atoms with E-state index in [1.807, 2.05) is 18.2 Å². The molecule has 0 bridgehead atoms. The van der Waals surface area contributed by atoms with Gasteiger partial charge in [0.15, 0.2) is 0 Å². The summed E-state index contributed by atoms with van der Waals surface area (Å²) in [4.78, 5) is 7.02. The molecule has 2 rings (SSSR count). The lowest BCUT2D eigenvalue weighted by Crippen LogP contribution is -3.00. The second-order valence-electron chi connectivity index (χ2n) is 2.18. The Balaban J connectivity index is 0.000000605. The molecule has 0 spiro atoms. The number of nitrogens with two attached hydrogens (primary N) is 1. The van der Waals surface area contributed by atoms with E-state index >= 15 is 0 Å². The molecule has 0 amide bonds. The first-order valence-corrected chi connectivity index (χ1v) is 3.05. The zero-order valence-corrected chi connectivity index (χ0v) is 7.60. The van der Waals surface area contributed by atoms with Crippen LogP contribution in [0, 0.1) is 0 Å². The fourth-order valence-electron chi connectivity index (χ4n) is 0.953. The number of benzene rings is 1. The molecule has 1 aromatic carbocycles. The SMILES string of the molecule is Nc1ccc2nc[nH]c2c1.[Cl-].[Cl-]. The van der Waals surface area contributed by atoms with Crippen LogP contribution in [0.4, 0.5) is 5.69 Å². The normalized spacial score (nSPS) is 8.67. The van der Waals surface area contributed by atoms with E-state index in [0.29, 0.717) is 0 Å². The molecule has 1 heterocycles. The summed E-state index contributed by atoms with van der Waals surface area (Å²) in [5.41, 5.74) is 8.24. The smallest absolute Gasteiger partial charge is 0.0931 e. The van der Waals surface area contributed by atoms with Gasteiger partial charge in [0.05, 0.1) is 17.4 Å². The molecule has 0 aliphatic carbocycles. The van der Waals surface area contributed by atoms with Crippen molar-refractivity contribution in [1.82, 2.24) is 9.97 Å². The van der Waals surface area contributed by atoms with Gasteiger partial charge in [-0.2, -0.15) is 0 Å². The highest BCUT2D eigenvalue weighted by molar-refractivity contribution is 5.77. The minimum absolute atomic E-state index is 0. The lowest BCUT2D eigenvalue weighted by atomic mass is 10.3. The number of hydrogen-bond donors (Lipinski definition) is 2. The second-order valence-corrected chi connectivity index (χ2v) is 2.18. The highest BCUT2D eigenvalue weighted by atomic mass is 35.5. The highest BCUT2D eigenvalue weighted by Gasteiger charge is 1.92. The molecular formula is C7H7Cl2N3-2. The summed E-state index contributed by atoms with van der Waals surface area (Å²) in [5, 5.41) is 0. The average molecular weight is 204 g/mol. The van der Waals surface area contributed by atoms with Gasteiger partial charge in [0.25, 0.3) is 0 Å². The van der Waals surface area contributed by atoms with E-state index < -0.39 is 0 Å². The monoisotopic (exact) mass is 203 g/mol. The standard InChI is InChI=1S/C7H7N3.2ClH/c8-5-1-2-6-7(3-5)10-4-9-6;;/h1-4H,8H2,(H,9,10);2*1H/p-2. The molecule has 5 heteroatoms. The van der Waals surface area contributed by atoms with Crippen LogP contribution in [-0.4, -0.2) is 9.97 Å². The molecular weight excluding hydrogens is 197 g/mol. The third-order valence-corrected chi connectivity index (χ3v) is 1.44. The Labute approximate surface area is 82.2 Å². The predicted octanol–water partition coefficient (Wildman–Crippen LogP) is -4.85. The van der Waals surface area contributed by atoms with Gasteiger partial charge in [0.1, 0.15) is 0 Å². The third kappa shape index (κ3) is 1.81. The number of anilines is 1. The van der Waals surface area contributed by atoms with Crippen molar-refractivity contribution in [2.75, 3.05) is 5.73 Å². The molecule has 3 nitrogen and oxygen atoms in total. The van der Waals surface area contributed by atoms with Gasteiger partial charge in [-0.15, -0.1) is 0 Å². The number of H-pyrrole nitrogens is 1. The predicted molar refractivity (Wildman–Crippen MR) is 40.5 cm³/mol. The van der Waals surface area contributed by atoms with Gasteiger partial charge in [0, 0.05) is 5.69 Å². The summed E-state index contributed by atoms with van der Waals surface area (Å²) < 4.78 is 0. The number of hydrogen-bond acceptors (Lipinski definition) is 2.